The Hall–Kier alpha value is -3.72. The largest absolute Gasteiger partial charge is 0.416 e. The maximum absolute atomic E-state index is 13.0. The van der Waals surface area contributed by atoms with Gasteiger partial charge in [-0.25, -0.2) is 0 Å². The molecule has 9 heteroatoms. The molecule has 2 heterocycles. The second-order valence-corrected chi connectivity index (χ2v) is 6.84. The molecule has 0 saturated carbocycles. The van der Waals surface area contributed by atoms with E-state index in [0.717, 1.165) is 12.1 Å². The number of carbonyl (C=O) groups excluding carboxylic acids is 1. The average Bonchev–Trinajstić information content (AvgIpc) is 3.17. The summed E-state index contributed by atoms with van der Waals surface area (Å²) in [6.07, 6.45) is -2.68. The first-order valence-electron chi connectivity index (χ1n) is 9.47. The van der Waals surface area contributed by atoms with Crippen molar-refractivity contribution < 1.29 is 18.0 Å². The number of anilines is 1. The zero-order valence-corrected chi connectivity index (χ0v) is 16.2. The Morgan fingerprint density at radius 2 is 1.74 bits per heavy atom. The number of nitrogens with one attached hydrogen (secondary N) is 2. The normalized spacial score (nSPS) is 12.6. The number of halogens is 3. The van der Waals surface area contributed by atoms with Crippen molar-refractivity contribution in [2.24, 2.45) is 0 Å². The van der Waals surface area contributed by atoms with Crippen LogP contribution < -0.4 is 10.6 Å². The van der Waals surface area contributed by atoms with Gasteiger partial charge in [0.05, 0.1) is 12.1 Å². The van der Waals surface area contributed by atoms with Crippen LogP contribution in [-0.2, 0) is 17.5 Å². The van der Waals surface area contributed by atoms with Crippen molar-refractivity contribution >= 4 is 17.2 Å². The lowest BCUT2D eigenvalue weighted by molar-refractivity contribution is -0.137. The predicted molar refractivity (Wildman–Crippen MR) is 109 cm³/mol. The number of benzene rings is 2. The minimum Gasteiger partial charge on any atom is -0.324 e. The Morgan fingerprint density at radius 3 is 2.52 bits per heavy atom. The third-order valence-electron chi connectivity index (χ3n) is 4.70. The van der Waals surface area contributed by atoms with Crippen molar-refractivity contribution in [3.05, 3.63) is 95.9 Å². The lowest BCUT2D eigenvalue weighted by atomic mass is 10.1. The van der Waals surface area contributed by atoms with E-state index in [4.69, 9.17) is 0 Å². The summed E-state index contributed by atoms with van der Waals surface area (Å²) < 4.78 is 40.8. The van der Waals surface area contributed by atoms with E-state index in [1.165, 1.54) is 12.1 Å². The van der Waals surface area contributed by atoms with Gasteiger partial charge in [0, 0.05) is 11.9 Å². The van der Waals surface area contributed by atoms with Gasteiger partial charge in [-0.15, -0.1) is 10.2 Å². The van der Waals surface area contributed by atoms with E-state index in [1.807, 2.05) is 30.5 Å². The Morgan fingerprint density at radius 1 is 0.968 bits per heavy atom. The Balaban J connectivity index is 1.56. The van der Waals surface area contributed by atoms with E-state index in [0.29, 0.717) is 17.0 Å². The summed E-state index contributed by atoms with van der Waals surface area (Å²) >= 11 is 0. The number of alkyl halides is 3. The zero-order valence-electron chi connectivity index (χ0n) is 16.2. The van der Waals surface area contributed by atoms with Crippen LogP contribution in [0.25, 0.3) is 5.65 Å². The Labute approximate surface area is 175 Å². The van der Waals surface area contributed by atoms with Crippen LogP contribution in [0.5, 0.6) is 0 Å². The second kappa shape index (κ2) is 8.57. The number of fused-ring (bicyclic) bond motifs is 1. The molecular weight excluding hydrogens is 407 g/mol. The molecule has 0 aliphatic heterocycles. The van der Waals surface area contributed by atoms with Crippen LogP contribution in [0, 0.1) is 0 Å². The summed E-state index contributed by atoms with van der Waals surface area (Å²) in [6, 6.07) is 18.1. The van der Waals surface area contributed by atoms with Crippen LogP contribution >= 0.6 is 0 Å². The Kier molecular flexibility index (Phi) is 5.68. The summed E-state index contributed by atoms with van der Waals surface area (Å²) in [5.74, 6) is 0.114. The summed E-state index contributed by atoms with van der Waals surface area (Å²) in [5.41, 5.74) is 0.574. The summed E-state index contributed by atoms with van der Waals surface area (Å²) in [7, 11) is 0. The number of pyridine rings is 1. The van der Waals surface area contributed by atoms with Gasteiger partial charge in [-0.05, 0) is 35.9 Å². The van der Waals surface area contributed by atoms with E-state index in [9.17, 15) is 18.0 Å². The molecule has 0 bridgehead atoms. The first-order chi connectivity index (χ1) is 14.9. The summed E-state index contributed by atoms with van der Waals surface area (Å²) in [5, 5.41) is 13.9. The van der Waals surface area contributed by atoms with Gasteiger partial charge in [-0.2, -0.15) is 13.2 Å². The minimum atomic E-state index is -4.49. The molecule has 0 spiro atoms. The highest BCUT2D eigenvalue weighted by molar-refractivity contribution is 5.95. The van der Waals surface area contributed by atoms with Gasteiger partial charge in [0.1, 0.15) is 6.04 Å². The fraction of sp³-hybridized carbons (Fsp3) is 0.136. The molecule has 0 aliphatic carbocycles. The molecule has 0 fully saturated rings. The van der Waals surface area contributed by atoms with Crippen molar-refractivity contribution in [1.82, 2.24) is 19.9 Å². The van der Waals surface area contributed by atoms with E-state index >= 15 is 0 Å². The van der Waals surface area contributed by atoms with Crippen LogP contribution in [0.3, 0.4) is 0 Å². The van der Waals surface area contributed by atoms with Gasteiger partial charge in [0.15, 0.2) is 11.5 Å². The smallest absolute Gasteiger partial charge is 0.324 e. The number of aromatic nitrogens is 3. The van der Waals surface area contributed by atoms with Gasteiger partial charge < -0.3 is 5.32 Å². The molecule has 0 saturated heterocycles. The number of carbonyl (C=O) groups is 1. The van der Waals surface area contributed by atoms with Gasteiger partial charge >= 0.3 is 6.18 Å². The third-order valence-corrected chi connectivity index (χ3v) is 4.70. The van der Waals surface area contributed by atoms with Crippen molar-refractivity contribution in [2.75, 3.05) is 5.32 Å². The highest BCUT2D eigenvalue weighted by atomic mass is 19.4. The molecule has 1 amide bonds. The average molecular weight is 425 g/mol. The number of hydrogen-bond donors (Lipinski definition) is 2. The van der Waals surface area contributed by atoms with Gasteiger partial charge in [-0.1, -0.05) is 42.5 Å². The molecule has 2 aromatic carbocycles. The van der Waals surface area contributed by atoms with Gasteiger partial charge in [-0.3, -0.25) is 14.5 Å². The summed E-state index contributed by atoms with van der Waals surface area (Å²) in [6.45, 7) is 0.223. The maximum Gasteiger partial charge on any atom is 0.416 e. The number of nitrogens with zero attached hydrogens (tertiary/aromatic N) is 3. The van der Waals surface area contributed by atoms with Crippen molar-refractivity contribution in [2.45, 2.75) is 18.8 Å². The Bertz CT molecular complexity index is 1190. The number of rotatable bonds is 6. The van der Waals surface area contributed by atoms with E-state index in [1.54, 1.807) is 28.7 Å². The van der Waals surface area contributed by atoms with Crippen molar-refractivity contribution in [3.8, 4) is 0 Å². The van der Waals surface area contributed by atoms with E-state index in [-0.39, 0.29) is 12.2 Å². The molecule has 4 rings (SSSR count). The molecule has 2 N–H and O–H groups in total. The first-order valence-corrected chi connectivity index (χ1v) is 9.47. The van der Waals surface area contributed by atoms with Crippen molar-refractivity contribution in [1.29, 1.82) is 0 Å². The van der Waals surface area contributed by atoms with Crippen LogP contribution in [0.1, 0.15) is 23.0 Å². The molecule has 2 aromatic heterocycles. The van der Waals surface area contributed by atoms with Gasteiger partial charge in [0.2, 0.25) is 5.91 Å². The SMILES string of the molecule is O=C(Nc1cccc(C(F)(F)F)c1)C(NCc1nnc2ccccn12)c1ccccc1. The fourth-order valence-corrected chi connectivity index (χ4v) is 3.20. The molecule has 0 radical (unpaired) electrons. The highest BCUT2D eigenvalue weighted by Gasteiger charge is 2.30. The maximum atomic E-state index is 13.0. The quantitative estimate of drug-likeness (QED) is 0.485. The van der Waals surface area contributed by atoms with Gasteiger partial charge in [0.25, 0.3) is 0 Å². The molecule has 0 aliphatic rings. The molecule has 4 aromatic rings. The van der Waals surface area contributed by atoms with Crippen LogP contribution in [0.15, 0.2) is 79.0 Å². The zero-order chi connectivity index (χ0) is 21.8. The molecule has 6 nitrogen and oxygen atoms in total. The van der Waals surface area contributed by atoms with Crippen molar-refractivity contribution in [3.63, 3.8) is 0 Å². The fourth-order valence-electron chi connectivity index (χ4n) is 3.20. The molecule has 1 atom stereocenters. The lowest BCUT2D eigenvalue weighted by Crippen LogP contribution is -2.33. The lowest BCUT2D eigenvalue weighted by Gasteiger charge is -2.19. The van der Waals surface area contributed by atoms with Crippen LogP contribution in [0.4, 0.5) is 18.9 Å². The third kappa shape index (κ3) is 4.72. The minimum absolute atomic E-state index is 0.0653. The van der Waals surface area contributed by atoms with E-state index in [2.05, 4.69) is 20.8 Å². The first kappa shape index (κ1) is 20.5. The molecular formula is C22H18F3N5O. The number of hydrogen-bond acceptors (Lipinski definition) is 4. The van der Waals surface area contributed by atoms with Crippen LogP contribution in [0.2, 0.25) is 0 Å². The second-order valence-electron chi connectivity index (χ2n) is 6.84. The molecule has 31 heavy (non-hydrogen) atoms. The monoisotopic (exact) mass is 425 g/mol. The topological polar surface area (TPSA) is 71.3 Å². The summed E-state index contributed by atoms with van der Waals surface area (Å²) in [4.78, 5) is 13.0. The highest BCUT2D eigenvalue weighted by Crippen LogP contribution is 2.31. The molecule has 1 unspecified atom stereocenters. The number of amides is 1. The van der Waals surface area contributed by atoms with E-state index < -0.39 is 23.7 Å². The standard InChI is InChI=1S/C22H18F3N5O/c23-22(24,25)16-9-6-10-17(13-16)27-21(31)20(15-7-2-1-3-8-15)26-14-19-29-28-18-11-4-5-12-30(18)19/h1-13,20,26H,14H2,(H,27,31). The molecule has 158 valence electrons. The van der Waals surface area contributed by atoms with Crippen LogP contribution in [-0.4, -0.2) is 20.5 Å². The predicted octanol–water partition coefficient (Wildman–Crippen LogP) is 4.22.